The molecule has 1 heterocycles. The summed E-state index contributed by atoms with van der Waals surface area (Å²) in [4.78, 5) is 14.3. The molecular weight excluding hydrogens is 228 g/mol. The molecule has 98 valence electrons. The fraction of sp³-hybridized carbons (Fsp3) is 0.500. The Bertz CT molecular complexity index is 434. The first-order chi connectivity index (χ1) is 8.58. The average Bonchev–Trinajstić information content (AvgIpc) is 2.34. The lowest BCUT2D eigenvalue weighted by Crippen LogP contribution is -2.47. The van der Waals surface area contributed by atoms with Gasteiger partial charge in [0, 0.05) is 18.6 Å². The van der Waals surface area contributed by atoms with Gasteiger partial charge in [-0.25, -0.2) is 0 Å². The van der Waals surface area contributed by atoms with E-state index in [1.165, 1.54) is 6.07 Å². The maximum atomic E-state index is 12.0. The van der Waals surface area contributed by atoms with Crippen molar-refractivity contribution < 1.29 is 9.90 Å². The molecule has 1 aromatic rings. The highest BCUT2D eigenvalue weighted by Crippen LogP contribution is 2.18. The molecule has 0 radical (unpaired) electrons. The summed E-state index contributed by atoms with van der Waals surface area (Å²) in [5, 5.41) is 12.6. The minimum Gasteiger partial charge on any atom is -0.507 e. The maximum absolute atomic E-state index is 12.0. The van der Waals surface area contributed by atoms with Gasteiger partial charge in [0.2, 0.25) is 0 Å². The molecule has 0 aliphatic carbocycles. The molecular formula is C14H20N2O2. The van der Waals surface area contributed by atoms with Crippen LogP contribution in [0, 0.1) is 0 Å². The van der Waals surface area contributed by atoms with Crippen molar-refractivity contribution in [2.75, 3.05) is 13.6 Å². The van der Waals surface area contributed by atoms with Gasteiger partial charge in [-0.05, 0) is 38.9 Å². The van der Waals surface area contributed by atoms with Crippen LogP contribution in [0.1, 0.15) is 30.1 Å². The SMILES string of the molecule is CC1CC(NC(=O)c2ccccc2O)CCN1C. The molecule has 0 saturated carbocycles. The van der Waals surface area contributed by atoms with E-state index in [9.17, 15) is 9.90 Å². The monoisotopic (exact) mass is 248 g/mol. The number of aromatic hydroxyl groups is 1. The molecule has 2 rings (SSSR count). The number of nitrogens with one attached hydrogen (secondary N) is 1. The molecule has 4 nitrogen and oxygen atoms in total. The van der Waals surface area contributed by atoms with Crippen LogP contribution in [0.5, 0.6) is 5.75 Å². The number of hydrogen-bond donors (Lipinski definition) is 2. The van der Waals surface area contributed by atoms with E-state index in [2.05, 4.69) is 24.2 Å². The van der Waals surface area contributed by atoms with Crippen LogP contribution in [0.3, 0.4) is 0 Å². The van der Waals surface area contributed by atoms with E-state index >= 15 is 0 Å². The number of piperidine rings is 1. The highest BCUT2D eigenvalue weighted by Gasteiger charge is 2.24. The Hall–Kier alpha value is -1.55. The summed E-state index contributed by atoms with van der Waals surface area (Å²) in [6.45, 7) is 3.16. The Morgan fingerprint density at radius 2 is 2.17 bits per heavy atom. The molecule has 1 aliphatic heterocycles. The third kappa shape index (κ3) is 2.82. The number of nitrogens with zero attached hydrogens (tertiary/aromatic N) is 1. The van der Waals surface area contributed by atoms with Gasteiger partial charge in [0.1, 0.15) is 5.75 Å². The molecule has 0 spiro atoms. The van der Waals surface area contributed by atoms with E-state index in [4.69, 9.17) is 0 Å². The number of hydrogen-bond acceptors (Lipinski definition) is 3. The highest BCUT2D eigenvalue weighted by molar-refractivity contribution is 5.96. The van der Waals surface area contributed by atoms with Gasteiger partial charge in [0.25, 0.3) is 5.91 Å². The summed E-state index contributed by atoms with van der Waals surface area (Å²) in [7, 11) is 2.10. The number of para-hydroxylation sites is 1. The number of phenols is 1. The number of phenolic OH excluding ortho intramolecular Hbond substituents is 1. The number of rotatable bonds is 2. The van der Waals surface area contributed by atoms with Crippen molar-refractivity contribution in [3.63, 3.8) is 0 Å². The second kappa shape index (κ2) is 5.40. The number of likely N-dealkylation sites (tertiary alicyclic amines) is 1. The third-order valence-corrected chi connectivity index (χ3v) is 3.69. The van der Waals surface area contributed by atoms with Crippen LogP contribution in [-0.4, -0.2) is 41.6 Å². The molecule has 1 aliphatic rings. The van der Waals surface area contributed by atoms with Gasteiger partial charge in [-0.2, -0.15) is 0 Å². The number of benzene rings is 1. The normalized spacial score (nSPS) is 24.8. The Balaban J connectivity index is 1.98. The average molecular weight is 248 g/mol. The van der Waals surface area contributed by atoms with E-state index in [-0.39, 0.29) is 17.7 Å². The molecule has 0 bridgehead atoms. The zero-order chi connectivity index (χ0) is 13.1. The first-order valence-corrected chi connectivity index (χ1v) is 6.37. The fourth-order valence-electron chi connectivity index (χ4n) is 2.35. The van der Waals surface area contributed by atoms with Crippen molar-refractivity contribution >= 4 is 5.91 Å². The van der Waals surface area contributed by atoms with Crippen molar-refractivity contribution in [2.45, 2.75) is 31.8 Å². The zero-order valence-corrected chi connectivity index (χ0v) is 10.9. The number of carbonyl (C=O) groups excluding carboxylic acids is 1. The van der Waals surface area contributed by atoms with Crippen molar-refractivity contribution in [3.8, 4) is 5.75 Å². The summed E-state index contributed by atoms with van der Waals surface area (Å²) < 4.78 is 0. The van der Waals surface area contributed by atoms with Crippen molar-refractivity contribution in [1.82, 2.24) is 10.2 Å². The van der Waals surface area contributed by atoms with Crippen LogP contribution in [0.2, 0.25) is 0 Å². The topological polar surface area (TPSA) is 52.6 Å². The Morgan fingerprint density at radius 3 is 2.83 bits per heavy atom. The third-order valence-electron chi connectivity index (χ3n) is 3.69. The molecule has 2 unspecified atom stereocenters. The minimum atomic E-state index is -0.185. The Morgan fingerprint density at radius 1 is 1.44 bits per heavy atom. The second-order valence-electron chi connectivity index (χ2n) is 5.04. The van der Waals surface area contributed by atoms with E-state index in [1.54, 1.807) is 18.2 Å². The van der Waals surface area contributed by atoms with Crippen LogP contribution < -0.4 is 5.32 Å². The lowest BCUT2D eigenvalue weighted by molar-refractivity contribution is 0.0894. The van der Waals surface area contributed by atoms with E-state index in [1.807, 2.05) is 0 Å². The van der Waals surface area contributed by atoms with Gasteiger partial charge in [-0.15, -0.1) is 0 Å². The van der Waals surface area contributed by atoms with Crippen LogP contribution >= 0.6 is 0 Å². The first-order valence-electron chi connectivity index (χ1n) is 6.37. The smallest absolute Gasteiger partial charge is 0.255 e. The first kappa shape index (κ1) is 12.9. The molecule has 18 heavy (non-hydrogen) atoms. The van der Waals surface area contributed by atoms with Crippen molar-refractivity contribution in [1.29, 1.82) is 0 Å². The summed E-state index contributed by atoms with van der Waals surface area (Å²) in [5.74, 6) is -0.147. The molecule has 2 atom stereocenters. The Labute approximate surface area is 108 Å². The lowest BCUT2D eigenvalue weighted by atomic mass is 9.98. The van der Waals surface area contributed by atoms with E-state index < -0.39 is 0 Å². The largest absolute Gasteiger partial charge is 0.507 e. The van der Waals surface area contributed by atoms with Gasteiger partial charge in [0.05, 0.1) is 5.56 Å². The van der Waals surface area contributed by atoms with Crippen LogP contribution in [0.4, 0.5) is 0 Å². The van der Waals surface area contributed by atoms with Crippen LogP contribution in [0.15, 0.2) is 24.3 Å². The molecule has 1 fully saturated rings. The van der Waals surface area contributed by atoms with Gasteiger partial charge >= 0.3 is 0 Å². The molecule has 1 amide bonds. The van der Waals surface area contributed by atoms with E-state index in [0.717, 1.165) is 19.4 Å². The summed E-state index contributed by atoms with van der Waals surface area (Å²) in [6, 6.07) is 7.32. The quantitative estimate of drug-likeness (QED) is 0.836. The molecule has 4 heteroatoms. The Kier molecular flexibility index (Phi) is 3.87. The predicted molar refractivity (Wildman–Crippen MR) is 70.7 cm³/mol. The van der Waals surface area contributed by atoms with Crippen LogP contribution in [0.25, 0.3) is 0 Å². The zero-order valence-electron chi connectivity index (χ0n) is 10.9. The predicted octanol–water partition coefficient (Wildman–Crippen LogP) is 1.60. The summed E-state index contributed by atoms with van der Waals surface area (Å²) in [6.07, 6.45) is 1.91. The maximum Gasteiger partial charge on any atom is 0.255 e. The number of carbonyl (C=O) groups is 1. The number of amides is 1. The van der Waals surface area contributed by atoms with Gasteiger partial charge in [-0.1, -0.05) is 12.1 Å². The van der Waals surface area contributed by atoms with Crippen LogP contribution in [-0.2, 0) is 0 Å². The van der Waals surface area contributed by atoms with E-state index in [0.29, 0.717) is 11.6 Å². The van der Waals surface area contributed by atoms with Gasteiger partial charge in [-0.3, -0.25) is 4.79 Å². The summed E-state index contributed by atoms with van der Waals surface area (Å²) >= 11 is 0. The van der Waals surface area contributed by atoms with Crippen molar-refractivity contribution in [3.05, 3.63) is 29.8 Å². The second-order valence-corrected chi connectivity index (χ2v) is 5.04. The van der Waals surface area contributed by atoms with Gasteiger partial charge in [0.15, 0.2) is 0 Å². The highest BCUT2D eigenvalue weighted by atomic mass is 16.3. The summed E-state index contributed by atoms with van der Waals surface area (Å²) in [5.41, 5.74) is 0.351. The standard InChI is InChI=1S/C14H20N2O2/c1-10-9-11(7-8-16(10)2)15-14(18)12-5-3-4-6-13(12)17/h3-6,10-11,17H,7-9H2,1-2H3,(H,15,18). The molecule has 2 N–H and O–H groups in total. The molecule has 1 aromatic carbocycles. The lowest BCUT2D eigenvalue weighted by Gasteiger charge is -2.35. The minimum absolute atomic E-state index is 0.0379. The fourth-order valence-corrected chi connectivity index (χ4v) is 2.35. The van der Waals surface area contributed by atoms with Gasteiger partial charge < -0.3 is 15.3 Å². The molecule has 1 saturated heterocycles. The molecule has 0 aromatic heterocycles. The van der Waals surface area contributed by atoms with Crippen molar-refractivity contribution in [2.24, 2.45) is 0 Å².